The molecule has 0 saturated heterocycles. The van der Waals surface area contributed by atoms with Crippen molar-refractivity contribution < 1.29 is 13.9 Å². The number of rotatable bonds is 3. The molecule has 6 nitrogen and oxygen atoms in total. The van der Waals surface area contributed by atoms with Gasteiger partial charge in [0.1, 0.15) is 11.4 Å². The van der Waals surface area contributed by atoms with Gasteiger partial charge in [-0.2, -0.15) is 0 Å². The summed E-state index contributed by atoms with van der Waals surface area (Å²) in [6.07, 6.45) is 3.88. The third-order valence-corrected chi connectivity index (χ3v) is 3.12. The normalized spacial score (nSPS) is 11.2. The molecule has 0 unspecified atom stereocenters. The fraction of sp³-hybridized carbons (Fsp3) is 0.333. The summed E-state index contributed by atoms with van der Waals surface area (Å²) in [7, 11) is 0. The molecule has 0 N–H and O–H groups in total. The second-order valence-corrected chi connectivity index (χ2v) is 6.98. The van der Waals surface area contributed by atoms with E-state index in [1.807, 2.05) is 0 Å². The van der Waals surface area contributed by atoms with Crippen LogP contribution in [0, 0.1) is 9.39 Å². The number of hydrogen-bond donors (Lipinski definition) is 0. The number of ether oxygens (including phenoxy) is 1. The predicted octanol–water partition coefficient (Wildman–Crippen LogP) is 3.56. The number of pyridine rings is 1. The Balaban J connectivity index is 2.30. The average Bonchev–Trinajstić information content (AvgIpc) is 2.44. The summed E-state index contributed by atoms with van der Waals surface area (Å²) in [4.78, 5) is 26.0. The number of anilines is 1. The molecule has 0 bridgehead atoms. The molecule has 0 atom stereocenters. The minimum atomic E-state index is -0.673. The van der Waals surface area contributed by atoms with Gasteiger partial charge in [0.05, 0.1) is 12.2 Å². The van der Waals surface area contributed by atoms with Crippen molar-refractivity contribution in [2.24, 2.45) is 0 Å². The van der Waals surface area contributed by atoms with Gasteiger partial charge < -0.3 is 4.74 Å². The van der Waals surface area contributed by atoms with Crippen LogP contribution in [0.3, 0.4) is 0 Å². The highest BCUT2D eigenvalue weighted by molar-refractivity contribution is 14.1. The minimum absolute atomic E-state index is 0.00721. The van der Waals surface area contributed by atoms with Crippen molar-refractivity contribution in [2.45, 2.75) is 32.9 Å². The maximum atomic E-state index is 13.3. The summed E-state index contributed by atoms with van der Waals surface area (Å²) < 4.78 is 19.5. The van der Waals surface area contributed by atoms with E-state index in [1.165, 1.54) is 23.2 Å². The van der Waals surface area contributed by atoms with Gasteiger partial charge >= 0.3 is 6.09 Å². The molecule has 2 aromatic rings. The van der Waals surface area contributed by atoms with E-state index < -0.39 is 17.5 Å². The lowest BCUT2D eigenvalue weighted by molar-refractivity contribution is 0.0574. The zero-order valence-electron chi connectivity index (χ0n) is 13.0. The van der Waals surface area contributed by atoms with E-state index in [9.17, 15) is 9.18 Å². The van der Waals surface area contributed by atoms with Crippen LogP contribution in [-0.2, 0) is 11.3 Å². The molecule has 2 rings (SSSR count). The van der Waals surface area contributed by atoms with Crippen LogP contribution in [0.25, 0.3) is 0 Å². The van der Waals surface area contributed by atoms with E-state index in [-0.39, 0.29) is 12.5 Å². The SMILES string of the molecule is CC(C)(C)OC(=O)N(Cc1cc(F)ccn1)c1ncc(I)cn1. The fourth-order valence-corrected chi connectivity index (χ4v) is 1.95. The highest BCUT2D eigenvalue weighted by atomic mass is 127. The number of aromatic nitrogens is 3. The Kier molecular flexibility index (Phi) is 5.45. The summed E-state index contributed by atoms with van der Waals surface area (Å²) in [5, 5.41) is 0. The molecule has 1 amide bonds. The molecule has 0 spiro atoms. The van der Waals surface area contributed by atoms with Crippen molar-refractivity contribution in [3.63, 3.8) is 0 Å². The zero-order valence-corrected chi connectivity index (χ0v) is 15.1. The lowest BCUT2D eigenvalue weighted by atomic mass is 10.2. The van der Waals surface area contributed by atoms with Crippen molar-refractivity contribution >= 4 is 34.6 Å². The van der Waals surface area contributed by atoms with Crippen LogP contribution in [-0.4, -0.2) is 26.6 Å². The minimum Gasteiger partial charge on any atom is -0.443 e. The molecule has 0 aliphatic heterocycles. The summed E-state index contributed by atoms with van der Waals surface area (Å²) in [5.41, 5.74) is -0.300. The Morgan fingerprint density at radius 3 is 2.52 bits per heavy atom. The van der Waals surface area contributed by atoms with E-state index in [2.05, 4.69) is 37.5 Å². The van der Waals surface area contributed by atoms with Crippen LogP contribution >= 0.6 is 22.6 Å². The largest absolute Gasteiger partial charge is 0.443 e. The third kappa shape index (κ3) is 5.38. The molecule has 0 aromatic carbocycles. The van der Waals surface area contributed by atoms with Crippen LogP contribution in [0.1, 0.15) is 26.5 Å². The molecule has 0 saturated carbocycles. The first kappa shape index (κ1) is 17.5. The molecular weight excluding hydrogens is 414 g/mol. The highest BCUT2D eigenvalue weighted by Crippen LogP contribution is 2.17. The van der Waals surface area contributed by atoms with Gasteiger partial charge in [-0.25, -0.2) is 24.1 Å². The maximum Gasteiger partial charge on any atom is 0.417 e. The van der Waals surface area contributed by atoms with Crippen molar-refractivity contribution in [1.29, 1.82) is 0 Å². The number of nitrogens with zero attached hydrogens (tertiary/aromatic N) is 4. The Labute approximate surface area is 147 Å². The van der Waals surface area contributed by atoms with Gasteiger partial charge in [0.2, 0.25) is 5.95 Å². The van der Waals surface area contributed by atoms with Gasteiger partial charge in [-0.1, -0.05) is 0 Å². The Bertz CT molecular complexity index is 689. The van der Waals surface area contributed by atoms with Gasteiger partial charge in [-0.05, 0) is 55.5 Å². The predicted molar refractivity (Wildman–Crippen MR) is 91.4 cm³/mol. The molecule has 0 fully saturated rings. The van der Waals surface area contributed by atoms with Crippen LogP contribution in [0.4, 0.5) is 15.1 Å². The van der Waals surface area contributed by atoms with Crippen molar-refractivity contribution in [3.8, 4) is 0 Å². The van der Waals surface area contributed by atoms with Crippen molar-refractivity contribution in [2.75, 3.05) is 4.90 Å². The third-order valence-electron chi connectivity index (χ3n) is 2.56. The lowest BCUT2D eigenvalue weighted by Gasteiger charge is -2.25. The van der Waals surface area contributed by atoms with Gasteiger partial charge in [-0.3, -0.25) is 4.98 Å². The zero-order chi connectivity index (χ0) is 17.0. The molecular formula is C15H16FIN4O2. The van der Waals surface area contributed by atoms with Gasteiger partial charge in [0, 0.05) is 22.2 Å². The number of carbonyl (C=O) groups excluding carboxylic acids is 1. The quantitative estimate of drug-likeness (QED) is 0.697. The number of carbonyl (C=O) groups is 1. The van der Waals surface area contributed by atoms with E-state index >= 15 is 0 Å². The first-order chi connectivity index (χ1) is 10.7. The van der Waals surface area contributed by atoms with Gasteiger partial charge in [-0.15, -0.1) is 0 Å². The second-order valence-electron chi connectivity index (χ2n) is 5.73. The average molecular weight is 430 g/mol. The van der Waals surface area contributed by atoms with E-state index in [0.717, 1.165) is 3.57 Å². The molecule has 0 radical (unpaired) electrons. The summed E-state index contributed by atoms with van der Waals surface area (Å²) in [6, 6.07) is 2.49. The van der Waals surface area contributed by atoms with Gasteiger partial charge in [0.15, 0.2) is 0 Å². The Morgan fingerprint density at radius 2 is 1.96 bits per heavy atom. The first-order valence-electron chi connectivity index (χ1n) is 6.83. The van der Waals surface area contributed by atoms with E-state index in [4.69, 9.17) is 4.74 Å². The van der Waals surface area contributed by atoms with Crippen LogP contribution < -0.4 is 4.90 Å². The lowest BCUT2D eigenvalue weighted by Crippen LogP contribution is -2.37. The van der Waals surface area contributed by atoms with Crippen molar-refractivity contribution in [1.82, 2.24) is 15.0 Å². The van der Waals surface area contributed by atoms with Crippen molar-refractivity contribution in [3.05, 3.63) is 45.8 Å². The first-order valence-corrected chi connectivity index (χ1v) is 7.91. The molecule has 0 aliphatic rings. The standard InChI is InChI=1S/C15H16FIN4O2/c1-15(2,3)23-14(22)21(13-19-7-11(17)8-20-13)9-12-6-10(16)4-5-18-12/h4-8H,9H2,1-3H3. The van der Waals surface area contributed by atoms with Crippen LogP contribution in [0.2, 0.25) is 0 Å². The summed E-state index contributed by atoms with van der Waals surface area (Å²) >= 11 is 2.07. The molecule has 2 aromatic heterocycles. The second kappa shape index (κ2) is 7.16. The molecule has 23 heavy (non-hydrogen) atoms. The molecule has 2 heterocycles. The van der Waals surface area contributed by atoms with Gasteiger partial charge in [0.25, 0.3) is 0 Å². The van der Waals surface area contributed by atoms with Crippen LogP contribution in [0.5, 0.6) is 0 Å². The highest BCUT2D eigenvalue weighted by Gasteiger charge is 2.25. The number of amides is 1. The summed E-state index contributed by atoms with van der Waals surface area (Å²) in [5.74, 6) is -0.256. The smallest absolute Gasteiger partial charge is 0.417 e. The Morgan fingerprint density at radius 1 is 1.30 bits per heavy atom. The summed E-state index contributed by atoms with van der Waals surface area (Å²) in [6.45, 7) is 5.29. The fourth-order valence-electron chi connectivity index (χ4n) is 1.68. The topological polar surface area (TPSA) is 68.2 Å². The molecule has 8 heteroatoms. The maximum absolute atomic E-state index is 13.3. The van der Waals surface area contributed by atoms with E-state index in [1.54, 1.807) is 33.2 Å². The molecule has 0 aliphatic carbocycles. The number of hydrogen-bond acceptors (Lipinski definition) is 5. The molecule has 122 valence electrons. The number of halogens is 2. The van der Waals surface area contributed by atoms with Crippen LogP contribution in [0.15, 0.2) is 30.7 Å². The van der Waals surface area contributed by atoms with E-state index in [0.29, 0.717) is 5.69 Å². The monoisotopic (exact) mass is 430 g/mol. The Hall–Kier alpha value is -1.84.